The van der Waals surface area contributed by atoms with E-state index in [2.05, 4.69) is 24.4 Å². The van der Waals surface area contributed by atoms with Gasteiger partial charge in [-0.25, -0.2) is 4.39 Å². The number of halogens is 1. The van der Waals surface area contributed by atoms with E-state index in [0.717, 1.165) is 23.5 Å². The van der Waals surface area contributed by atoms with E-state index in [0.29, 0.717) is 6.04 Å². The van der Waals surface area contributed by atoms with Crippen molar-refractivity contribution in [1.82, 2.24) is 5.32 Å². The van der Waals surface area contributed by atoms with Crippen LogP contribution in [0.4, 0.5) is 4.39 Å². The minimum atomic E-state index is -0.128. The first-order valence-corrected chi connectivity index (χ1v) is 8.65. The van der Waals surface area contributed by atoms with Crippen LogP contribution in [0.15, 0.2) is 41.3 Å². The Labute approximate surface area is 128 Å². The second kappa shape index (κ2) is 7.81. The summed E-state index contributed by atoms with van der Waals surface area (Å²) < 4.78 is 13.6. The summed E-state index contributed by atoms with van der Waals surface area (Å²) in [5.41, 5.74) is 0. The predicted molar refractivity (Wildman–Crippen MR) is 87.4 cm³/mol. The number of likely N-dealkylation sites (N-methyl/N-ethyl adjacent to an activating group) is 1. The molecule has 0 bridgehead atoms. The molecular weight excluding hydrogens is 289 g/mol. The molecule has 0 saturated carbocycles. The molecule has 0 aliphatic rings. The molecule has 108 valence electrons. The fourth-order valence-electron chi connectivity index (χ4n) is 1.96. The molecule has 0 saturated heterocycles. The van der Waals surface area contributed by atoms with Gasteiger partial charge in [0.2, 0.25) is 0 Å². The Morgan fingerprint density at radius 1 is 1.20 bits per heavy atom. The van der Waals surface area contributed by atoms with Crippen molar-refractivity contribution in [3.8, 4) is 0 Å². The first-order chi connectivity index (χ1) is 9.72. The molecule has 1 aromatic carbocycles. The van der Waals surface area contributed by atoms with Crippen molar-refractivity contribution >= 4 is 23.1 Å². The van der Waals surface area contributed by atoms with E-state index in [1.165, 1.54) is 15.8 Å². The molecule has 1 aromatic heterocycles. The summed E-state index contributed by atoms with van der Waals surface area (Å²) in [4.78, 5) is 3.56. The molecule has 2 rings (SSSR count). The number of aryl methyl sites for hydroxylation is 1. The van der Waals surface area contributed by atoms with Gasteiger partial charge in [-0.05, 0) is 44.2 Å². The number of thioether (sulfide) groups is 1. The lowest BCUT2D eigenvalue weighted by atomic mass is 10.2. The summed E-state index contributed by atoms with van der Waals surface area (Å²) in [6, 6.07) is 11.7. The Kier molecular flexibility index (Phi) is 6.07. The zero-order chi connectivity index (χ0) is 14.4. The van der Waals surface area contributed by atoms with Crippen LogP contribution in [0.3, 0.4) is 0 Å². The fourth-order valence-corrected chi connectivity index (χ4v) is 4.05. The quantitative estimate of drug-likeness (QED) is 0.762. The summed E-state index contributed by atoms with van der Waals surface area (Å²) >= 11 is 3.46. The molecule has 0 amide bonds. The van der Waals surface area contributed by atoms with Gasteiger partial charge >= 0.3 is 0 Å². The summed E-state index contributed by atoms with van der Waals surface area (Å²) in [7, 11) is 1.97. The van der Waals surface area contributed by atoms with Crippen molar-refractivity contribution in [1.29, 1.82) is 0 Å². The van der Waals surface area contributed by atoms with Gasteiger partial charge in [0, 0.05) is 26.4 Å². The van der Waals surface area contributed by atoms with Gasteiger partial charge in [0.1, 0.15) is 5.82 Å². The van der Waals surface area contributed by atoms with Gasteiger partial charge in [0.05, 0.1) is 0 Å². The van der Waals surface area contributed by atoms with Gasteiger partial charge in [0.25, 0.3) is 0 Å². The lowest BCUT2D eigenvalue weighted by Gasteiger charge is -2.15. The van der Waals surface area contributed by atoms with Crippen LogP contribution in [0.25, 0.3) is 0 Å². The highest BCUT2D eigenvalue weighted by atomic mass is 32.2. The third-order valence-corrected chi connectivity index (χ3v) is 5.66. The molecule has 0 spiro atoms. The molecule has 1 N–H and O–H groups in total. The van der Waals surface area contributed by atoms with E-state index in [-0.39, 0.29) is 5.82 Å². The normalized spacial score (nSPS) is 12.6. The molecule has 2 aromatic rings. The second-order valence-electron chi connectivity index (χ2n) is 4.65. The average molecular weight is 309 g/mol. The lowest BCUT2D eigenvalue weighted by Crippen LogP contribution is -2.29. The van der Waals surface area contributed by atoms with Crippen LogP contribution >= 0.6 is 23.1 Å². The molecule has 1 unspecified atom stereocenters. The van der Waals surface area contributed by atoms with Crippen LogP contribution < -0.4 is 5.32 Å². The first kappa shape index (κ1) is 15.5. The van der Waals surface area contributed by atoms with Gasteiger partial charge in [-0.1, -0.05) is 19.1 Å². The molecule has 1 heterocycles. The van der Waals surface area contributed by atoms with Crippen LogP contribution in [-0.2, 0) is 12.8 Å². The largest absolute Gasteiger partial charge is 0.316 e. The zero-order valence-corrected chi connectivity index (χ0v) is 13.5. The molecule has 1 nitrogen and oxygen atoms in total. The minimum absolute atomic E-state index is 0.128. The number of hydrogen-bond acceptors (Lipinski definition) is 3. The third kappa shape index (κ3) is 4.33. The predicted octanol–water partition coefficient (Wildman–Crippen LogP) is 4.37. The van der Waals surface area contributed by atoms with Crippen molar-refractivity contribution in [3.05, 3.63) is 52.0 Å². The number of benzene rings is 1. The van der Waals surface area contributed by atoms with Crippen molar-refractivity contribution < 1.29 is 4.39 Å². The van der Waals surface area contributed by atoms with Crippen LogP contribution in [0.2, 0.25) is 0 Å². The van der Waals surface area contributed by atoms with Gasteiger partial charge < -0.3 is 5.32 Å². The standard InChI is InChI=1S/C16H20FNS2/c1-3-13-8-9-14(20-13)10-12(18-2)11-19-16-7-5-4-6-15(16)17/h4-9,12,18H,3,10-11H2,1-2H3. The summed E-state index contributed by atoms with van der Waals surface area (Å²) in [5.74, 6) is 0.744. The first-order valence-electron chi connectivity index (χ1n) is 6.85. The Morgan fingerprint density at radius 2 is 1.95 bits per heavy atom. The maximum Gasteiger partial charge on any atom is 0.136 e. The van der Waals surface area contributed by atoms with E-state index >= 15 is 0 Å². The molecule has 0 radical (unpaired) electrons. The molecule has 0 aliphatic carbocycles. The van der Waals surface area contributed by atoms with Crippen molar-refractivity contribution in [2.75, 3.05) is 12.8 Å². The average Bonchev–Trinajstić information content (AvgIpc) is 2.92. The number of rotatable bonds is 7. The Hall–Kier alpha value is -0.840. The molecule has 1 atom stereocenters. The second-order valence-corrected chi connectivity index (χ2v) is 6.97. The maximum atomic E-state index is 13.6. The Balaban J connectivity index is 1.91. The number of hydrogen-bond donors (Lipinski definition) is 1. The van der Waals surface area contributed by atoms with Crippen molar-refractivity contribution in [2.24, 2.45) is 0 Å². The van der Waals surface area contributed by atoms with Gasteiger partial charge in [0.15, 0.2) is 0 Å². The Bertz CT molecular complexity index is 539. The van der Waals surface area contributed by atoms with E-state index in [1.54, 1.807) is 17.8 Å². The van der Waals surface area contributed by atoms with Crippen molar-refractivity contribution in [2.45, 2.75) is 30.7 Å². The van der Waals surface area contributed by atoms with E-state index in [4.69, 9.17) is 0 Å². The maximum absolute atomic E-state index is 13.6. The monoisotopic (exact) mass is 309 g/mol. The number of thiophene rings is 1. The number of nitrogens with one attached hydrogen (secondary N) is 1. The zero-order valence-electron chi connectivity index (χ0n) is 11.9. The third-order valence-electron chi connectivity index (χ3n) is 3.20. The smallest absolute Gasteiger partial charge is 0.136 e. The van der Waals surface area contributed by atoms with Crippen LogP contribution in [0, 0.1) is 5.82 Å². The highest BCUT2D eigenvalue weighted by Gasteiger charge is 2.11. The SMILES string of the molecule is CCc1ccc(CC(CSc2ccccc2F)NC)s1. The fraction of sp³-hybridized carbons (Fsp3) is 0.375. The van der Waals surface area contributed by atoms with E-state index in [9.17, 15) is 4.39 Å². The van der Waals surface area contributed by atoms with Crippen molar-refractivity contribution in [3.63, 3.8) is 0 Å². The van der Waals surface area contributed by atoms with E-state index in [1.807, 2.05) is 30.5 Å². The van der Waals surface area contributed by atoms with Gasteiger partial charge in [-0.2, -0.15) is 0 Å². The van der Waals surface area contributed by atoms with Crippen LogP contribution in [0.1, 0.15) is 16.7 Å². The summed E-state index contributed by atoms with van der Waals surface area (Å²) in [5, 5.41) is 3.33. The highest BCUT2D eigenvalue weighted by Crippen LogP contribution is 2.24. The lowest BCUT2D eigenvalue weighted by molar-refractivity contribution is 0.599. The van der Waals surface area contributed by atoms with Crippen LogP contribution in [-0.4, -0.2) is 18.8 Å². The summed E-state index contributed by atoms with van der Waals surface area (Å²) in [6.07, 6.45) is 2.10. The Morgan fingerprint density at radius 3 is 2.60 bits per heavy atom. The summed E-state index contributed by atoms with van der Waals surface area (Å²) in [6.45, 7) is 2.18. The molecular formula is C16H20FNS2. The molecule has 0 aliphatic heterocycles. The molecule has 20 heavy (non-hydrogen) atoms. The highest BCUT2D eigenvalue weighted by molar-refractivity contribution is 7.99. The van der Waals surface area contributed by atoms with E-state index < -0.39 is 0 Å². The van der Waals surface area contributed by atoms with Crippen LogP contribution in [0.5, 0.6) is 0 Å². The topological polar surface area (TPSA) is 12.0 Å². The molecule has 4 heteroatoms. The molecule has 0 fully saturated rings. The van der Waals surface area contributed by atoms with Gasteiger partial charge in [-0.15, -0.1) is 23.1 Å². The van der Waals surface area contributed by atoms with Gasteiger partial charge in [-0.3, -0.25) is 0 Å². The minimum Gasteiger partial charge on any atom is -0.316 e.